The Kier molecular flexibility index (Phi) is 28.5. The molecule has 0 heterocycles. The molecular weight excluding hydrogens is 714 g/mol. The van der Waals surface area contributed by atoms with Gasteiger partial charge in [0.1, 0.15) is 0 Å². The summed E-state index contributed by atoms with van der Waals surface area (Å²) >= 11 is 5.05. The number of aliphatic hydroxyl groups excluding tert-OH is 1. The summed E-state index contributed by atoms with van der Waals surface area (Å²) in [6, 6.07) is 0.512. The summed E-state index contributed by atoms with van der Waals surface area (Å²) in [7, 11) is 1.38. The van der Waals surface area contributed by atoms with Gasteiger partial charge in [-0.3, -0.25) is 15.6 Å². The van der Waals surface area contributed by atoms with Crippen LogP contribution in [0.3, 0.4) is 0 Å². The Morgan fingerprint density at radius 3 is 2.20 bits per heavy atom. The van der Waals surface area contributed by atoms with E-state index >= 15 is 0 Å². The maximum Gasteiger partial charge on any atom is 0.222 e. The fourth-order valence-corrected chi connectivity index (χ4v) is 3.91. The molecule has 1 aliphatic carbocycles. The largest absolute Gasteiger partial charge is 0.716 e. The Morgan fingerprint density at radius 2 is 1.66 bits per heavy atom. The third-order valence-electron chi connectivity index (χ3n) is 4.68. The van der Waals surface area contributed by atoms with Gasteiger partial charge < -0.3 is 46.3 Å². The fraction of sp³-hybridized carbons (Fsp3) is 0.875. The van der Waals surface area contributed by atoms with Gasteiger partial charge in [-0.15, -0.1) is 0 Å². The van der Waals surface area contributed by atoms with E-state index in [1.807, 2.05) is 6.08 Å². The molecule has 35 heavy (non-hydrogen) atoms. The maximum atomic E-state index is 11.5. The smallest absolute Gasteiger partial charge is 0.222 e. The van der Waals surface area contributed by atoms with E-state index in [4.69, 9.17) is 35.7 Å². The molecule has 1 fully saturated rings. The number of hydrogen-bond donors (Lipinski definition) is 3. The number of allylic oxidation sites excluding steroid dienone is 1. The normalized spacial score (nSPS) is 14.4. The van der Waals surface area contributed by atoms with E-state index in [-0.39, 0.29) is 48.6 Å². The number of ether oxygens (including phenoxy) is 4. The molecule has 1 saturated carbocycles. The predicted molar refractivity (Wildman–Crippen MR) is 142 cm³/mol. The van der Waals surface area contributed by atoms with Gasteiger partial charge in [0, 0.05) is 56.7 Å². The number of hydrogen-bond acceptors (Lipinski definition) is 9. The Bertz CT molecular complexity index is 507. The van der Waals surface area contributed by atoms with Crippen molar-refractivity contribution in [3.63, 3.8) is 0 Å². The third kappa shape index (κ3) is 24.8. The molecule has 206 valence electrons. The standard InChI is InChI=1S/C17H31NO4S2.C7H17NO2.U/c1-15(2)5-3-9-18-16(19)6-10-20-11-12-21-13-14-22-17(24-23)7-4-8-17;1-7(2)8-3-5-10-6-4-9;/h3,5,15,23H,4,6-14H2,1-2H3,(H,18,19);7-9H,3-6H2,1-2H3;/p-1/b5-3+;;. The van der Waals surface area contributed by atoms with Crippen LogP contribution in [0.2, 0.25) is 0 Å². The number of carbonyl (C=O) groups is 1. The van der Waals surface area contributed by atoms with Crippen LogP contribution in [-0.2, 0) is 35.4 Å². The zero-order valence-corrected chi connectivity index (χ0v) is 27.8. The first-order valence-electron chi connectivity index (χ1n) is 12.3. The molecule has 0 aromatic heterocycles. The van der Waals surface area contributed by atoms with E-state index in [9.17, 15) is 4.79 Å². The second kappa shape index (κ2) is 26.3. The summed E-state index contributed by atoms with van der Waals surface area (Å²) in [5, 5.41) is 14.4. The molecule has 0 bridgehead atoms. The Morgan fingerprint density at radius 1 is 1.03 bits per heavy atom. The van der Waals surface area contributed by atoms with Crippen LogP contribution in [0.15, 0.2) is 12.2 Å². The van der Waals surface area contributed by atoms with E-state index < -0.39 is 0 Å². The Balaban J connectivity index is 0. The molecule has 0 aromatic rings. The molecular formula is C24H47N2O6S2U-. The average molecular weight is 762 g/mol. The second-order valence-corrected chi connectivity index (χ2v) is 10.0. The summed E-state index contributed by atoms with van der Waals surface area (Å²) in [5.41, 5.74) is 0. The van der Waals surface area contributed by atoms with Crippen molar-refractivity contribution in [3.8, 4) is 0 Å². The van der Waals surface area contributed by atoms with E-state index in [0.717, 1.165) is 19.4 Å². The van der Waals surface area contributed by atoms with Gasteiger partial charge in [-0.1, -0.05) is 39.8 Å². The molecule has 0 saturated heterocycles. The topological polar surface area (TPSA) is 98.3 Å². The molecule has 0 aliphatic heterocycles. The van der Waals surface area contributed by atoms with Crippen LogP contribution in [0.1, 0.15) is 53.4 Å². The van der Waals surface area contributed by atoms with Crippen LogP contribution < -0.4 is 10.6 Å². The van der Waals surface area contributed by atoms with Crippen molar-refractivity contribution >= 4 is 28.4 Å². The first kappa shape index (κ1) is 37.9. The molecule has 1 amide bonds. The third-order valence-corrected chi connectivity index (χ3v) is 6.42. The van der Waals surface area contributed by atoms with Crippen molar-refractivity contribution in [1.29, 1.82) is 0 Å². The van der Waals surface area contributed by atoms with Crippen LogP contribution in [0, 0.1) is 37.0 Å². The number of carbonyl (C=O) groups excluding carboxylic acids is 1. The monoisotopic (exact) mass is 761 g/mol. The molecule has 0 aromatic carbocycles. The quantitative estimate of drug-likeness (QED) is 0.0570. The minimum atomic E-state index is -0.132. The molecule has 0 radical (unpaired) electrons. The van der Waals surface area contributed by atoms with Crippen LogP contribution in [-0.4, -0.2) is 87.9 Å². The van der Waals surface area contributed by atoms with Crippen molar-refractivity contribution in [3.05, 3.63) is 12.2 Å². The van der Waals surface area contributed by atoms with E-state index in [2.05, 4.69) is 44.4 Å². The van der Waals surface area contributed by atoms with Crippen molar-refractivity contribution < 1.29 is 60.0 Å². The first-order valence-corrected chi connectivity index (χ1v) is 14.0. The van der Waals surface area contributed by atoms with Crippen LogP contribution >= 0.6 is 10.8 Å². The summed E-state index contributed by atoms with van der Waals surface area (Å²) in [4.78, 5) is 11.4. The minimum absolute atomic E-state index is 0. The minimum Gasteiger partial charge on any atom is -0.716 e. The Hall–Kier alpha value is 0.722. The molecule has 1 aliphatic rings. The van der Waals surface area contributed by atoms with E-state index in [1.165, 1.54) is 17.2 Å². The molecule has 0 atom stereocenters. The average Bonchev–Trinajstić information content (AvgIpc) is 2.77. The van der Waals surface area contributed by atoms with Crippen molar-refractivity contribution in [2.75, 3.05) is 65.9 Å². The molecule has 0 spiro atoms. The second-order valence-electron chi connectivity index (χ2n) is 8.59. The maximum absolute atomic E-state index is 11.5. The van der Waals surface area contributed by atoms with E-state index in [1.54, 1.807) is 0 Å². The predicted octanol–water partition coefficient (Wildman–Crippen LogP) is 2.82. The van der Waals surface area contributed by atoms with Gasteiger partial charge in [0.05, 0.1) is 57.8 Å². The summed E-state index contributed by atoms with van der Waals surface area (Å²) in [5.74, 6) is 0.509. The molecule has 3 N–H and O–H groups in total. The molecule has 11 heteroatoms. The van der Waals surface area contributed by atoms with Gasteiger partial charge in [0.15, 0.2) is 0 Å². The van der Waals surface area contributed by atoms with Crippen LogP contribution in [0.25, 0.3) is 0 Å². The summed E-state index contributed by atoms with van der Waals surface area (Å²) in [6.07, 6.45) is 7.69. The molecule has 1 rings (SSSR count). The zero-order chi connectivity index (χ0) is 25.5. The fourth-order valence-electron chi connectivity index (χ4n) is 2.68. The molecule has 8 nitrogen and oxygen atoms in total. The SMILES string of the molecule is CC(C)/C=C/CNC(=O)CCOCCOCCOC1(S[S-])CCC1.CC(C)NCCOCCO.[U]. The first-order chi connectivity index (χ1) is 16.3. The summed E-state index contributed by atoms with van der Waals surface area (Å²) in [6.45, 7) is 13.6. The van der Waals surface area contributed by atoms with Gasteiger partial charge in [-0.05, 0) is 25.2 Å². The zero-order valence-electron chi connectivity index (χ0n) is 22.0. The van der Waals surface area contributed by atoms with Gasteiger partial charge in [0.2, 0.25) is 5.91 Å². The van der Waals surface area contributed by atoms with Gasteiger partial charge >= 0.3 is 0 Å². The summed E-state index contributed by atoms with van der Waals surface area (Å²) < 4.78 is 21.6. The van der Waals surface area contributed by atoms with Gasteiger partial charge in [0.25, 0.3) is 0 Å². The number of amides is 1. The van der Waals surface area contributed by atoms with Gasteiger partial charge in [-0.25, -0.2) is 0 Å². The molecule has 0 unspecified atom stereocenters. The Labute approximate surface area is 246 Å². The van der Waals surface area contributed by atoms with Crippen LogP contribution in [0.4, 0.5) is 0 Å². The van der Waals surface area contributed by atoms with Gasteiger partial charge in [-0.2, -0.15) is 0 Å². The van der Waals surface area contributed by atoms with Crippen LogP contribution in [0.5, 0.6) is 0 Å². The van der Waals surface area contributed by atoms with Crippen molar-refractivity contribution in [2.24, 2.45) is 5.92 Å². The van der Waals surface area contributed by atoms with Crippen molar-refractivity contribution in [2.45, 2.75) is 64.4 Å². The van der Waals surface area contributed by atoms with E-state index in [0.29, 0.717) is 71.2 Å². The number of rotatable bonds is 20. The number of nitrogens with one attached hydrogen (secondary N) is 2. The van der Waals surface area contributed by atoms with Crippen molar-refractivity contribution in [1.82, 2.24) is 10.6 Å². The number of aliphatic hydroxyl groups is 1.